The van der Waals surface area contributed by atoms with Crippen molar-refractivity contribution in [2.75, 3.05) is 0 Å². The van der Waals surface area contributed by atoms with Crippen molar-refractivity contribution in [2.24, 2.45) is 0 Å². The van der Waals surface area contributed by atoms with Crippen LogP contribution in [0.1, 0.15) is 77.8 Å². The smallest absolute Gasteiger partial charge is 0.433 e. The molecule has 1 aromatic rings. The lowest BCUT2D eigenvalue weighted by Crippen LogP contribution is -2.50. The molecule has 33 heavy (non-hydrogen) atoms. The van der Waals surface area contributed by atoms with E-state index in [-0.39, 0.29) is 36.5 Å². The predicted molar refractivity (Wildman–Crippen MR) is 115 cm³/mol. The Morgan fingerprint density at radius 3 is 2.06 bits per heavy atom. The van der Waals surface area contributed by atoms with Crippen molar-refractivity contribution in [3.8, 4) is 5.75 Å². The molecule has 1 aromatic heterocycles. The zero-order valence-electron chi connectivity index (χ0n) is 19.4. The second-order valence-electron chi connectivity index (χ2n) is 10.4. The maximum Gasteiger partial charge on any atom is 0.433 e. The zero-order chi connectivity index (χ0) is 23.8. The molecule has 1 amide bonds. The lowest BCUT2D eigenvalue weighted by atomic mass is 9.93. The van der Waals surface area contributed by atoms with Gasteiger partial charge in [-0.2, -0.15) is 13.2 Å². The lowest BCUT2D eigenvalue weighted by Gasteiger charge is -2.41. The summed E-state index contributed by atoms with van der Waals surface area (Å²) < 4.78 is 55.8. The second-order valence-corrected chi connectivity index (χ2v) is 10.4. The summed E-state index contributed by atoms with van der Waals surface area (Å²) in [6.07, 6.45) is 3.64. The summed E-state index contributed by atoms with van der Waals surface area (Å²) in [7, 11) is 0. The molecule has 4 rings (SSSR count). The topological polar surface area (TPSA) is 60.9 Å². The van der Waals surface area contributed by atoms with E-state index in [4.69, 9.17) is 14.2 Å². The van der Waals surface area contributed by atoms with Crippen molar-refractivity contribution >= 4 is 6.09 Å². The molecule has 184 valence electrons. The lowest BCUT2D eigenvalue weighted by molar-refractivity contribution is -0.141. The quantitative estimate of drug-likeness (QED) is 0.562. The molecular weight excluding hydrogens is 437 g/mol. The van der Waals surface area contributed by atoms with Crippen LogP contribution in [-0.4, -0.2) is 52.0 Å². The maximum atomic E-state index is 12.6. The van der Waals surface area contributed by atoms with Crippen molar-refractivity contribution in [1.29, 1.82) is 0 Å². The Morgan fingerprint density at radius 1 is 0.939 bits per heavy atom. The number of fused-ring (bicyclic) bond motifs is 2. The van der Waals surface area contributed by atoms with E-state index in [1.54, 1.807) is 0 Å². The Balaban J connectivity index is 1.22. The van der Waals surface area contributed by atoms with Gasteiger partial charge in [0.15, 0.2) is 0 Å². The molecule has 6 nitrogen and oxygen atoms in total. The fraction of sp³-hybridized carbons (Fsp3) is 0.750. The first-order chi connectivity index (χ1) is 15.5. The Bertz CT molecular complexity index is 802. The molecule has 3 atom stereocenters. The molecule has 0 N–H and O–H groups in total. The first-order valence-electron chi connectivity index (χ1n) is 11.8. The minimum atomic E-state index is -4.45. The molecule has 0 unspecified atom stereocenters. The Labute approximate surface area is 192 Å². The van der Waals surface area contributed by atoms with E-state index in [0.717, 1.165) is 63.6 Å². The zero-order valence-corrected chi connectivity index (χ0v) is 19.4. The fourth-order valence-electron chi connectivity index (χ4n) is 5.22. The average Bonchev–Trinajstić information content (AvgIpc) is 2.99. The van der Waals surface area contributed by atoms with Crippen LogP contribution in [0.25, 0.3) is 0 Å². The number of ether oxygens (including phenoxy) is 3. The molecule has 0 spiro atoms. The number of rotatable bonds is 4. The first-order valence-corrected chi connectivity index (χ1v) is 11.8. The Morgan fingerprint density at radius 2 is 1.55 bits per heavy atom. The fourth-order valence-corrected chi connectivity index (χ4v) is 5.22. The highest BCUT2D eigenvalue weighted by Crippen LogP contribution is 2.39. The molecule has 2 saturated heterocycles. The van der Waals surface area contributed by atoms with E-state index in [0.29, 0.717) is 5.75 Å². The largest absolute Gasteiger partial charge is 0.489 e. The van der Waals surface area contributed by atoms with Crippen molar-refractivity contribution in [3.63, 3.8) is 0 Å². The summed E-state index contributed by atoms with van der Waals surface area (Å²) >= 11 is 0. The van der Waals surface area contributed by atoms with Gasteiger partial charge in [0.25, 0.3) is 0 Å². The van der Waals surface area contributed by atoms with Crippen LogP contribution in [0.4, 0.5) is 18.0 Å². The third-order valence-electron chi connectivity index (χ3n) is 6.63. The first kappa shape index (κ1) is 24.1. The number of piperidine rings is 1. The normalized spacial score (nSPS) is 30.2. The predicted octanol–water partition coefficient (Wildman–Crippen LogP) is 5.74. The van der Waals surface area contributed by atoms with Crippen LogP contribution in [0.15, 0.2) is 18.3 Å². The number of amides is 1. The van der Waals surface area contributed by atoms with Crippen LogP contribution in [0.2, 0.25) is 0 Å². The van der Waals surface area contributed by atoms with Gasteiger partial charge in [0.05, 0.1) is 24.5 Å². The molecule has 3 heterocycles. The number of alkyl halides is 3. The summed E-state index contributed by atoms with van der Waals surface area (Å²) in [5.74, 6) is 0.360. The van der Waals surface area contributed by atoms with Crippen LogP contribution in [-0.2, 0) is 15.7 Å². The summed E-state index contributed by atoms with van der Waals surface area (Å²) in [6, 6.07) is 2.63. The summed E-state index contributed by atoms with van der Waals surface area (Å²) in [5, 5.41) is 0. The number of hydrogen-bond acceptors (Lipinski definition) is 5. The van der Waals surface area contributed by atoms with Crippen molar-refractivity contribution < 1.29 is 32.2 Å². The highest BCUT2D eigenvalue weighted by atomic mass is 19.4. The van der Waals surface area contributed by atoms with Gasteiger partial charge in [-0.25, -0.2) is 9.78 Å². The van der Waals surface area contributed by atoms with Crippen LogP contribution in [0.5, 0.6) is 5.75 Å². The van der Waals surface area contributed by atoms with Gasteiger partial charge in [0, 0.05) is 12.1 Å². The number of halogens is 3. The van der Waals surface area contributed by atoms with Gasteiger partial charge >= 0.3 is 12.3 Å². The number of carbonyl (C=O) groups excluding carboxylic acids is 1. The number of aromatic nitrogens is 1. The number of hydrogen-bond donors (Lipinski definition) is 0. The Kier molecular flexibility index (Phi) is 6.80. The molecule has 3 aliphatic rings. The van der Waals surface area contributed by atoms with E-state index < -0.39 is 17.5 Å². The van der Waals surface area contributed by atoms with Crippen LogP contribution in [0, 0.1) is 0 Å². The van der Waals surface area contributed by atoms with Gasteiger partial charge in [-0.1, -0.05) is 0 Å². The van der Waals surface area contributed by atoms with Gasteiger partial charge in [0.2, 0.25) is 0 Å². The second kappa shape index (κ2) is 9.31. The summed E-state index contributed by atoms with van der Waals surface area (Å²) in [6.45, 7) is 5.66. The standard InChI is InChI=1S/C24H33F3N2O4/c1-23(2,3)33-22(30)29-15-4-5-16(29)13-20(12-15)32-18-8-6-17(7-9-18)31-19-10-11-21(28-14-19)24(25,26)27/h10-11,14-18,20H,4-9,12-13H2,1-3H3/t15-,16+,17-,18-,20-. The van der Waals surface area contributed by atoms with Crippen LogP contribution >= 0.6 is 0 Å². The highest BCUT2D eigenvalue weighted by Gasteiger charge is 2.45. The maximum absolute atomic E-state index is 12.6. The molecule has 1 aliphatic carbocycles. The van der Waals surface area contributed by atoms with Crippen LogP contribution in [0.3, 0.4) is 0 Å². The minimum absolute atomic E-state index is 0.0476. The van der Waals surface area contributed by atoms with Crippen molar-refractivity contribution in [3.05, 3.63) is 24.0 Å². The van der Waals surface area contributed by atoms with Gasteiger partial charge in [-0.3, -0.25) is 0 Å². The minimum Gasteiger partial charge on any atom is -0.489 e. The van der Waals surface area contributed by atoms with E-state index in [1.807, 2.05) is 25.7 Å². The van der Waals surface area contributed by atoms with E-state index >= 15 is 0 Å². The molecule has 1 saturated carbocycles. The van der Waals surface area contributed by atoms with E-state index in [2.05, 4.69) is 4.98 Å². The third kappa shape index (κ3) is 6.11. The molecule has 3 fully saturated rings. The number of carbonyl (C=O) groups is 1. The summed E-state index contributed by atoms with van der Waals surface area (Å²) in [5.41, 5.74) is -1.42. The average molecular weight is 471 g/mol. The molecular formula is C24H33F3N2O4. The van der Waals surface area contributed by atoms with E-state index in [1.165, 1.54) is 6.07 Å². The number of nitrogens with zero attached hydrogens (tertiary/aromatic N) is 2. The van der Waals surface area contributed by atoms with Crippen molar-refractivity contribution in [1.82, 2.24) is 9.88 Å². The van der Waals surface area contributed by atoms with Crippen molar-refractivity contribution in [2.45, 2.75) is 114 Å². The van der Waals surface area contributed by atoms with Crippen LogP contribution < -0.4 is 4.74 Å². The monoisotopic (exact) mass is 470 g/mol. The summed E-state index contributed by atoms with van der Waals surface area (Å²) in [4.78, 5) is 18.0. The molecule has 0 aromatic carbocycles. The molecule has 2 bridgehead atoms. The van der Waals surface area contributed by atoms with Gasteiger partial charge < -0.3 is 19.1 Å². The Hall–Kier alpha value is -2.03. The van der Waals surface area contributed by atoms with Gasteiger partial charge in [0.1, 0.15) is 17.0 Å². The molecule has 0 radical (unpaired) electrons. The SMILES string of the molecule is CC(C)(C)OC(=O)N1[C@@H]2CC[C@H]1C[C@H](O[C@H]1CC[C@H](Oc3ccc(C(F)(F)F)nc3)CC1)C2. The number of pyridine rings is 1. The van der Waals surface area contributed by atoms with Gasteiger partial charge in [-0.05, 0) is 84.3 Å². The molecule has 9 heteroatoms. The van der Waals surface area contributed by atoms with E-state index in [9.17, 15) is 18.0 Å². The van der Waals surface area contributed by atoms with Gasteiger partial charge in [-0.15, -0.1) is 0 Å². The molecule has 2 aliphatic heterocycles. The third-order valence-corrected chi connectivity index (χ3v) is 6.63. The highest BCUT2D eigenvalue weighted by molar-refractivity contribution is 5.69.